The molecule has 0 radical (unpaired) electrons. The third-order valence-corrected chi connectivity index (χ3v) is 4.80. The quantitative estimate of drug-likeness (QED) is 0.893. The molecule has 2 rings (SSSR count). The van der Waals surface area contributed by atoms with Crippen LogP contribution < -0.4 is 4.72 Å². The maximum atomic E-state index is 12.4. The molecule has 0 bridgehead atoms. The molecule has 2 aromatic carbocycles. The Morgan fingerprint density at radius 3 is 2.23 bits per heavy atom. The lowest BCUT2D eigenvalue weighted by Gasteiger charge is -2.11. The molecular formula is C15H14ClNO4S. The number of benzene rings is 2. The number of carboxylic acid groups (broad SMARTS) is 1. The van der Waals surface area contributed by atoms with Crippen molar-refractivity contribution in [3.63, 3.8) is 0 Å². The molecule has 0 atom stereocenters. The summed E-state index contributed by atoms with van der Waals surface area (Å²) in [7, 11) is -3.98. The third-order valence-electron chi connectivity index (χ3n) is 2.94. The number of sulfonamides is 1. The zero-order chi connectivity index (χ0) is 16.5. The first-order chi connectivity index (χ1) is 10.2. The molecule has 7 heteroatoms. The molecule has 0 unspecified atom stereocenters. The zero-order valence-electron chi connectivity index (χ0n) is 11.9. The Morgan fingerprint density at radius 1 is 1.09 bits per heavy atom. The van der Waals surface area contributed by atoms with Crippen LogP contribution in [-0.2, 0) is 10.0 Å². The predicted molar refractivity (Wildman–Crippen MR) is 85.1 cm³/mol. The lowest BCUT2D eigenvalue weighted by Crippen LogP contribution is -2.14. The minimum Gasteiger partial charge on any atom is -0.478 e. The van der Waals surface area contributed by atoms with Gasteiger partial charge in [-0.3, -0.25) is 4.72 Å². The number of hydrogen-bond donors (Lipinski definition) is 2. The Bertz CT molecular complexity index is 826. The Balaban J connectivity index is 2.46. The van der Waals surface area contributed by atoms with Crippen molar-refractivity contribution in [2.24, 2.45) is 0 Å². The average Bonchev–Trinajstić information content (AvgIpc) is 2.36. The molecule has 0 saturated heterocycles. The molecule has 0 aromatic heterocycles. The van der Waals surface area contributed by atoms with Gasteiger partial charge < -0.3 is 5.11 Å². The smallest absolute Gasteiger partial charge is 0.335 e. The van der Waals surface area contributed by atoms with Crippen LogP contribution >= 0.6 is 11.6 Å². The number of aromatic carboxylic acids is 1. The fourth-order valence-corrected chi connectivity index (χ4v) is 3.65. The van der Waals surface area contributed by atoms with E-state index in [9.17, 15) is 13.2 Å². The molecule has 0 aliphatic heterocycles. The van der Waals surface area contributed by atoms with E-state index in [0.29, 0.717) is 5.69 Å². The van der Waals surface area contributed by atoms with E-state index in [1.807, 2.05) is 19.9 Å². The number of halogens is 1. The highest BCUT2D eigenvalue weighted by molar-refractivity contribution is 7.92. The van der Waals surface area contributed by atoms with E-state index < -0.39 is 16.0 Å². The van der Waals surface area contributed by atoms with Crippen molar-refractivity contribution in [2.45, 2.75) is 18.7 Å². The topological polar surface area (TPSA) is 83.5 Å². The van der Waals surface area contributed by atoms with Crippen LogP contribution in [0.25, 0.3) is 0 Å². The van der Waals surface area contributed by atoms with Crippen molar-refractivity contribution in [1.29, 1.82) is 0 Å². The summed E-state index contributed by atoms with van der Waals surface area (Å²) >= 11 is 5.90. The second-order valence-electron chi connectivity index (χ2n) is 4.93. The lowest BCUT2D eigenvalue weighted by molar-refractivity contribution is 0.0696. The number of hydrogen-bond acceptors (Lipinski definition) is 3. The number of aryl methyl sites for hydroxylation is 2. The fourth-order valence-electron chi connectivity index (χ4n) is 2.09. The second kappa shape index (κ2) is 5.98. The van der Waals surface area contributed by atoms with Gasteiger partial charge in [-0.1, -0.05) is 17.7 Å². The van der Waals surface area contributed by atoms with E-state index in [4.69, 9.17) is 16.7 Å². The van der Waals surface area contributed by atoms with Crippen molar-refractivity contribution in [2.75, 3.05) is 4.72 Å². The van der Waals surface area contributed by atoms with Crippen LogP contribution in [0.1, 0.15) is 21.5 Å². The highest BCUT2D eigenvalue weighted by atomic mass is 35.5. The molecule has 5 nitrogen and oxygen atoms in total. The van der Waals surface area contributed by atoms with Gasteiger partial charge in [0.1, 0.15) is 4.90 Å². The van der Waals surface area contributed by atoms with Crippen molar-refractivity contribution >= 4 is 33.3 Å². The standard InChI is InChI=1S/C15H14ClNO4S/c1-9-5-10(2)7-12(6-9)17-22(20,21)14-8-11(15(18)19)3-4-13(14)16/h3-8,17H,1-2H3,(H,18,19). The number of anilines is 1. The van der Waals surface area contributed by atoms with Crippen LogP contribution in [0, 0.1) is 13.8 Å². The van der Waals surface area contributed by atoms with E-state index in [2.05, 4.69) is 4.72 Å². The number of carboxylic acids is 1. The molecule has 0 spiro atoms. The van der Waals surface area contributed by atoms with Gasteiger partial charge in [0.15, 0.2) is 0 Å². The SMILES string of the molecule is Cc1cc(C)cc(NS(=O)(=O)c2cc(C(=O)O)ccc2Cl)c1. The van der Waals surface area contributed by atoms with E-state index in [1.54, 1.807) is 12.1 Å². The summed E-state index contributed by atoms with van der Waals surface area (Å²) in [6.07, 6.45) is 0. The van der Waals surface area contributed by atoms with E-state index in [-0.39, 0.29) is 15.5 Å². The van der Waals surface area contributed by atoms with Crippen molar-refractivity contribution in [3.8, 4) is 0 Å². The molecule has 22 heavy (non-hydrogen) atoms. The maximum Gasteiger partial charge on any atom is 0.335 e. The van der Waals surface area contributed by atoms with Gasteiger partial charge in [-0.05, 0) is 55.3 Å². The van der Waals surface area contributed by atoms with E-state index >= 15 is 0 Å². The summed E-state index contributed by atoms with van der Waals surface area (Å²) < 4.78 is 27.3. The average molecular weight is 340 g/mol. The zero-order valence-corrected chi connectivity index (χ0v) is 13.5. The lowest BCUT2D eigenvalue weighted by atomic mass is 10.1. The second-order valence-corrected chi connectivity index (χ2v) is 6.99. The molecule has 0 amide bonds. The van der Waals surface area contributed by atoms with Gasteiger partial charge in [-0.25, -0.2) is 13.2 Å². The largest absolute Gasteiger partial charge is 0.478 e. The molecule has 0 saturated carbocycles. The Labute approximate surface area is 133 Å². The Kier molecular flexibility index (Phi) is 4.44. The summed E-state index contributed by atoms with van der Waals surface area (Å²) in [5.74, 6) is -1.22. The molecular weight excluding hydrogens is 326 g/mol. The van der Waals surface area contributed by atoms with Gasteiger partial charge in [-0.2, -0.15) is 0 Å². The third kappa shape index (κ3) is 3.58. The molecule has 0 fully saturated rings. The Morgan fingerprint density at radius 2 is 1.68 bits per heavy atom. The monoisotopic (exact) mass is 339 g/mol. The highest BCUT2D eigenvalue weighted by Crippen LogP contribution is 2.26. The number of rotatable bonds is 4. The van der Waals surface area contributed by atoms with Gasteiger partial charge >= 0.3 is 5.97 Å². The Hall–Kier alpha value is -2.05. The summed E-state index contributed by atoms with van der Waals surface area (Å²) in [4.78, 5) is 10.7. The molecule has 0 aliphatic carbocycles. The van der Waals surface area contributed by atoms with Crippen molar-refractivity contribution in [3.05, 3.63) is 58.1 Å². The van der Waals surface area contributed by atoms with Crippen LogP contribution in [0.4, 0.5) is 5.69 Å². The molecule has 2 N–H and O–H groups in total. The van der Waals surface area contributed by atoms with Crippen LogP contribution in [0.5, 0.6) is 0 Å². The summed E-state index contributed by atoms with van der Waals surface area (Å²) in [6.45, 7) is 3.70. The predicted octanol–water partition coefficient (Wildman–Crippen LogP) is 3.46. The van der Waals surface area contributed by atoms with Crippen molar-refractivity contribution < 1.29 is 18.3 Å². The fraction of sp³-hybridized carbons (Fsp3) is 0.133. The summed E-state index contributed by atoms with van der Waals surface area (Å²) in [5.41, 5.74) is 2.06. The summed E-state index contributed by atoms with van der Waals surface area (Å²) in [6, 6.07) is 8.81. The normalized spacial score (nSPS) is 11.2. The van der Waals surface area contributed by atoms with Crippen LogP contribution in [-0.4, -0.2) is 19.5 Å². The molecule has 0 heterocycles. The summed E-state index contributed by atoms with van der Waals surface area (Å²) in [5, 5.41) is 8.93. The van der Waals surface area contributed by atoms with Gasteiger partial charge in [0.05, 0.1) is 10.6 Å². The van der Waals surface area contributed by atoms with Crippen LogP contribution in [0.15, 0.2) is 41.3 Å². The van der Waals surface area contributed by atoms with Crippen LogP contribution in [0.3, 0.4) is 0 Å². The first-order valence-corrected chi connectivity index (χ1v) is 8.19. The van der Waals surface area contributed by atoms with Crippen molar-refractivity contribution in [1.82, 2.24) is 0 Å². The first kappa shape index (κ1) is 16.3. The molecule has 116 valence electrons. The minimum absolute atomic E-state index is 0.0399. The van der Waals surface area contributed by atoms with Gasteiger partial charge in [0.2, 0.25) is 0 Å². The van der Waals surface area contributed by atoms with E-state index in [0.717, 1.165) is 17.2 Å². The van der Waals surface area contributed by atoms with Gasteiger partial charge in [0.25, 0.3) is 10.0 Å². The molecule has 2 aromatic rings. The minimum atomic E-state index is -3.98. The number of carbonyl (C=O) groups is 1. The molecule has 0 aliphatic rings. The van der Waals surface area contributed by atoms with Gasteiger partial charge in [0, 0.05) is 5.69 Å². The van der Waals surface area contributed by atoms with E-state index in [1.165, 1.54) is 12.1 Å². The first-order valence-electron chi connectivity index (χ1n) is 6.33. The van der Waals surface area contributed by atoms with Crippen LogP contribution in [0.2, 0.25) is 5.02 Å². The maximum absolute atomic E-state index is 12.4. The highest BCUT2D eigenvalue weighted by Gasteiger charge is 2.20. The number of nitrogens with one attached hydrogen (secondary N) is 1. The van der Waals surface area contributed by atoms with Gasteiger partial charge in [-0.15, -0.1) is 0 Å².